The Morgan fingerprint density at radius 2 is 1.83 bits per heavy atom. The second-order valence-corrected chi connectivity index (χ2v) is 4.28. The van der Waals surface area contributed by atoms with E-state index in [-0.39, 0.29) is 12.9 Å². The van der Waals surface area contributed by atoms with E-state index < -0.39 is 17.5 Å². The maximum atomic E-state index is 11.5. The Balaban J connectivity index is 2.56. The molecule has 0 aromatic heterocycles. The van der Waals surface area contributed by atoms with E-state index in [1.807, 2.05) is 0 Å². The summed E-state index contributed by atoms with van der Waals surface area (Å²) in [5, 5.41) is 0. The summed E-state index contributed by atoms with van der Waals surface area (Å²) in [6.07, 6.45) is -0.190. The van der Waals surface area contributed by atoms with Crippen LogP contribution >= 0.6 is 0 Å². The van der Waals surface area contributed by atoms with Crippen LogP contribution in [0.4, 0.5) is 0 Å². The zero-order valence-corrected chi connectivity index (χ0v) is 10.2. The van der Waals surface area contributed by atoms with E-state index in [9.17, 15) is 14.4 Å². The average molecular weight is 250 g/mol. The zero-order valence-electron chi connectivity index (χ0n) is 10.2. The van der Waals surface area contributed by atoms with Gasteiger partial charge in [0.2, 0.25) is 0 Å². The minimum atomic E-state index is -0.990. The Hall–Kier alpha value is -2.17. The quantitative estimate of drug-likeness (QED) is 0.452. The van der Waals surface area contributed by atoms with E-state index in [1.54, 1.807) is 44.2 Å². The monoisotopic (exact) mass is 250 g/mol. The summed E-state index contributed by atoms with van der Waals surface area (Å²) in [5.74, 6) is -1.46. The summed E-state index contributed by atoms with van der Waals surface area (Å²) in [5.41, 5.74) is -0.699. The molecule has 0 heterocycles. The van der Waals surface area contributed by atoms with Crippen molar-refractivity contribution < 1.29 is 23.9 Å². The highest BCUT2D eigenvalue weighted by molar-refractivity contribution is 5.96. The Bertz CT molecular complexity index is 436. The van der Waals surface area contributed by atoms with Gasteiger partial charge < -0.3 is 9.47 Å². The Kier molecular flexibility index (Phi) is 4.59. The molecule has 0 amide bonds. The first-order valence-corrected chi connectivity index (χ1v) is 5.36. The predicted octanol–water partition coefficient (Wildman–Crippen LogP) is 1.71. The fourth-order valence-electron chi connectivity index (χ4n) is 1.29. The molecule has 0 aliphatic rings. The number of ether oxygens (including phenoxy) is 2. The molecule has 0 fully saturated rings. The third-order valence-electron chi connectivity index (χ3n) is 2.15. The van der Waals surface area contributed by atoms with E-state index in [2.05, 4.69) is 4.74 Å². The summed E-state index contributed by atoms with van der Waals surface area (Å²) < 4.78 is 9.34. The molecule has 18 heavy (non-hydrogen) atoms. The van der Waals surface area contributed by atoms with Gasteiger partial charge in [-0.15, -0.1) is 0 Å². The van der Waals surface area contributed by atoms with Crippen LogP contribution in [0.1, 0.15) is 30.6 Å². The Morgan fingerprint density at radius 3 is 2.39 bits per heavy atom. The molecule has 96 valence electrons. The van der Waals surface area contributed by atoms with Crippen LogP contribution in [0.25, 0.3) is 0 Å². The van der Waals surface area contributed by atoms with E-state index in [4.69, 9.17) is 4.74 Å². The van der Waals surface area contributed by atoms with Crippen LogP contribution in [0.3, 0.4) is 0 Å². The van der Waals surface area contributed by atoms with Gasteiger partial charge in [-0.25, -0.2) is 4.79 Å². The molecular weight excluding hydrogens is 236 g/mol. The van der Waals surface area contributed by atoms with Crippen LogP contribution in [0, 0.1) is 0 Å². The van der Waals surface area contributed by atoms with E-state index >= 15 is 0 Å². The third kappa shape index (κ3) is 4.37. The molecule has 5 heteroatoms. The molecule has 0 aliphatic heterocycles. The highest BCUT2D eigenvalue weighted by Crippen LogP contribution is 2.14. The van der Waals surface area contributed by atoms with Gasteiger partial charge in [0.15, 0.2) is 0 Å². The molecule has 0 unspecified atom stereocenters. The lowest BCUT2D eigenvalue weighted by molar-refractivity contribution is -0.150. The van der Waals surface area contributed by atoms with E-state index in [0.717, 1.165) is 0 Å². The van der Waals surface area contributed by atoms with Crippen molar-refractivity contribution in [1.29, 1.82) is 0 Å². The SMILES string of the molecule is CC(C)(CC(=O)OC(=O)c1ccccc1)OC=O. The first-order chi connectivity index (χ1) is 8.44. The van der Waals surface area contributed by atoms with Crippen LogP contribution in [-0.4, -0.2) is 24.0 Å². The van der Waals surface area contributed by atoms with Crippen molar-refractivity contribution in [3.8, 4) is 0 Å². The number of carbonyl (C=O) groups excluding carboxylic acids is 3. The second-order valence-electron chi connectivity index (χ2n) is 4.28. The number of benzene rings is 1. The van der Waals surface area contributed by atoms with Crippen LogP contribution in [-0.2, 0) is 19.1 Å². The average Bonchev–Trinajstić information content (AvgIpc) is 2.28. The van der Waals surface area contributed by atoms with Gasteiger partial charge in [0.05, 0.1) is 12.0 Å². The second kappa shape index (κ2) is 5.95. The van der Waals surface area contributed by atoms with Gasteiger partial charge in [0, 0.05) is 0 Å². The highest BCUT2D eigenvalue weighted by atomic mass is 16.6. The van der Waals surface area contributed by atoms with Crippen molar-refractivity contribution >= 4 is 18.4 Å². The largest absolute Gasteiger partial charge is 0.461 e. The van der Waals surface area contributed by atoms with Gasteiger partial charge in [-0.05, 0) is 26.0 Å². The number of hydrogen-bond acceptors (Lipinski definition) is 5. The number of esters is 2. The molecule has 0 atom stereocenters. The molecule has 0 radical (unpaired) electrons. The lowest BCUT2D eigenvalue weighted by Gasteiger charge is -2.20. The molecule has 0 spiro atoms. The number of carbonyl (C=O) groups is 3. The third-order valence-corrected chi connectivity index (χ3v) is 2.15. The van der Waals surface area contributed by atoms with E-state index in [0.29, 0.717) is 5.56 Å². The maximum Gasteiger partial charge on any atom is 0.345 e. The van der Waals surface area contributed by atoms with Gasteiger partial charge in [-0.1, -0.05) is 18.2 Å². The van der Waals surface area contributed by atoms with Crippen LogP contribution in [0.15, 0.2) is 30.3 Å². The Morgan fingerprint density at radius 1 is 1.22 bits per heavy atom. The smallest absolute Gasteiger partial charge is 0.345 e. The van der Waals surface area contributed by atoms with Crippen LogP contribution in [0.2, 0.25) is 0 Å². The van der Waals surface area contributed by atoms with Gasteiger partial charge in [-0.3, -0.25) is 9.59 Å². The zero-order chi connectivity index (χ0) is 13.6. The molecule has 0 aliphatic carbocycles. The fourth-order valence-corrected chi connectivity index (χ4v) is 1.29. The molecule has 1 aromatic carbocycles. The van der Waals surface area contributed by atoms with E-state index in [1.165, 1.54) is 0 Å². The van der Waals surface area contributed by atoms with Crippen molar-refractivity contribution in [3.05, 3.63) is 35.9 Å². The predicted molar refractivity (Wildman–Crippen MR) is 62.7 cm³/mol. The molecule has 0 saturated heterocycles. The van der Waals surface area contributed by atoms with Crippen LogP contribution in [0.5, 0.6) is 0 Å². The van der Waals surface area contributed by atoms with Gasteiger partial charge in [0.1, 0.15) is 5.60 Å². The highest BCUT2D eigenvalue weighted by Gasteiger charge is 2.26. The molecule has 1 rings (SSSR count). The summed E-state index contributed by atoms with van der Waals surface area (Å²) >= 11 is 0. The first-order valence-electron chi connectivity index (χ1n) is 5.36. The lowest BCUT2D eigenvalue weighted by atomic mass is 10.1. The van der Waals surface area contributed by atoms with Gasteiger partial charge >= 0.3 is 11.9 Å². The van der Waals surface area contributed by atoms with Crippen LogP contribution < -0.4 is 0 Å². The maximum absolute atomic E-state index is 11.5. The van der Waals surface area contributed by atoms with Crippen molar-refractivity contribution in [2.75, 3.05) is 0 Å². The summed E-state index contributed by atoms with van der Waals surface area (Å²) in [7, 11) is 0. The molecule has 0 bridgehead atoms. The van der Waals surface area contributed by atoms with Crippen molar-refractivity contribution in [1.82, 2.24) is 0 Å². The summed E-state index contributed by atoms with van der Waals surface area (Å²) in [6.45, 7) is 3.36. The van der Waals surface area contributed by atoms with Crippen molar-refractivity contribution in [2.24, 2.45) is 0 Å². The molecular formula is C13H14O5. The summed E-state index contributed by atoms with van der Waals surface area (Å²) in [6, 6.07) is 8.17. The molecule has 0 N–H and O–H groups in total. The summed E-state index contributed by atoms with van der Waals surface area (Å²) in [4.78, 5) is 33.2. The standard InChI is InChI=1S/C13H14O5/c1-13(2,17-9-14)8-11(15)18-12(16)10-6-4-3-5-7-10/h3-7,9H,8H2,1-2H3. The minimum absolute atomic E-state index is 0.190. The normalized spacial score (nSPS) is 10.6. The topological polar surface area (TPSA) is 69.7 Å². The van der Waals surface area contributed by atoms with Crippen molar-refractivity contribution in [2.45, 2.75) is 25.9 Å². The van der Waals surface area contributed by atoms with Crippen molar-refractivity contribution in [3.63, 3.8) is 0 Å². The molecule has 0 saturated carbocycles. The van der Waals surface area contributed by atoms with Gasteiger partial charge in [-0.2, -0.15) is 0 Å². The lowest BCUT2D eigenvalue weighted by Crippen LogP contribution is -2.29. The number of hydrogen-bond donors (Lipinski definition) is 0. The first kappa shape index (κ1) is 13.9. The van der Waals surface area contributed by atoms with Gasteiger partial charge in [0.25, 0.3) is 6.47 Å². The number of rotatable bonds is 5. The molecule has 1 aromatic rings. The Labute approximate surface area is 105 Å². The fraction of sp³-hybridized carbons (Fsp3) is 0.308. The molecule has 5 nitrogen and oxygen atoms in total. The minimum Gasteiger partial charge on any atom is -0.461 e.